The second-order valence-corrected chi connectivity index (χ2v) is 4.75. The number of carbonyl (C=O) groups excluding carboxylic acids is 1. The molecule has 1 amide bonds. The van der Waals surface area contributed by atoms with E-state index < -0.39 is 0 Å². The van der Waals surface area contributed by atoms with E-state index in [4.69, 9.17) is 4.74 Å². The Kier molecular flexibility index (Phi) is 4.27. The van der Waals surface area contributed by atoms with Crippen molar-refractivity contribution in [3.63, 3.8) is 0 Å². The molecule has 1 saturated heterocycles. The summed E-state index contributed by atoms with van der Waals surface area (Å²) in [5.74, 6) is 0.836. The highest BCUT2D eigenvalue weighted by atomic mass is 16.5. The molecular formula is C14H20N2O3. The summed E-state index contributed by atoms with van der Waals surface area (Å²) in [6.45, 7) is 5.44. The van der Waals surface area contributed by atoms with E-state index in [0.717, 1.165) is 31.7 Å². The third-order valence-corrected chi connectivity index (χ3v) is 3.51. The van der Waals surface area contributed by atoms with Crippen LogP contribution in [0.2, 0.25) is 0 Å². The Hall–Kier alpha value is -1.75. The molecule has 1 aliphatic rings. The minimum atomic E-state index is 0.129. The molecule has 19 heavy (non-hydrogen) atoms. The van der Waals surface area contributed by atoms with Crippen LogP contribution in [0.4, 0.5) is 0 Å². The lowest BCUT2D eigenvalue weighted by molar-refractivity contribution is -0.130. The molecule has 0 aromatic heterocycles. The molecule has 1 aliphatic heterocycles. The molecule has 0 aliphatic carbocycles. The zero-order valence-corrected chi connectivity index (χ0v) is 11.4. The third kappa shape index (κ3) is 3.17. The molecule has 104 valence electrons. The van der Waals surface area contributed by atoms with Crippen LogP contribution in [-0.2, 0) is 11.3 Å². The maximum Gasteiger partial charge on any atom is 0.219 e. The predicted octanol–water partition coefficient (Wildman–Crippen LogP) is 1.06. The third-order valence-electron chi connectivity index (χ3n) is 3.51. The van der Waals surface area contributed by atoms with Crippen molar-refractivity contribution in [1.82, 2.24) is 9.80 Å². The van der Waals surface area contributed by atoms with Crippen molar-refractivity contribution < 1.29 is 14.6 Å². The van der Waals surface area contributed by atoms with Gasteiger partial charge in [0.1, 0.15) is 0 Å². The monoisotopic (exact) mass is 264 g/mol. The van der Waals surface area contributed by atoms with Gasteiger partial charge in [0, 0.05) is 45.2 Å². The lowest BCUT2D eigenvalue weighted by atomic mass is 10.1. The normalized spacial score (nSPS) is 16.4. The van der Waals surface area contributed by atoms with Crippen LogP contribution >= 0.6 is 0 Å². The summed E-state index contributed by atoms with van der Waals surface area (Å²) < 4.78 is 5.10. The highest BCUT2D eigenvalue weighted by Gasteiger charge is 2.19. The number of ether oxygens (including phenoxy) is 1. The Morgan fingerprint density at radius 1 is 1.32 bits per heavy atom. The van der Waals surface area contributed by atoms with Crippen LogP contribution in [0.1, 0.15) is 12.5 Å². The van der Waals surface area contributed by atoms with Crippen LogP contribution in [0.3, 0.4) is 0 Å². The van der Waals surface area contributed by atoms with Gasteiger partial charge in [-0.2, -0.15) is 0 Å². The SMILES string of the molecule is COc1cccc(CN2CCN(C(C)=O)CC2)c1O. The number of methoxy groups -OCH3 is 1. The van der Waals surface area contributed by atoms with Gasteiger partial charge in [0.05, 0.1) is 7.11 Å². The van der Waals surface area contributed by atoms with E-state index in [1.807, 2.05) is 17.0 Å². The van der Waals surface area contributed by atoms with E-state index in [1.165, 1.54) is 0 Å². The van der Waals surface area contributed by atoms with Crippen molar-refractivity contribution in [3.8, 4) is 11.5 Å². The van der Waals surface area contributed by atoms with E-state index >= 15 is 0 Å². The first-order valence-corrected chi connectivity index (χ1v) is 6.44. The lowest BCUT2D eigenvalue weighted by Gasteiger charge is -2.34. The summed E-state index contributed by atoms with van der Waals surface area (Å²) >= 11 is 0. The number of aromatic hydroxyl groups is 1. The second kappa shape index (κ2) is 5.93. The van der Waals surface area contributed by atoms with E-state index in [9.17, 15) is 9.90 Å². The second-order valence-electron chi connectivity index (χ2n) is 4.75. The number of hydrogen-bond acceptors (Lipinski definition) is 4. The van der Waals surface area contributed by atoms with Crippen molar-refractivity contribution >= 4 is 5.91 Å². The van der Waals surface area contributed by atoms with E-state index in [1.54, 1.807) is 20.1 Å². The first kappa shape index (κ1) is 13.7. The number of phenols is 1. The molecule has 1 heterocycles. The molecule has 0 atom stereocenters. The molecule has 0 unspecified atom stereocenters. The number of piperazine rings is 1. The molecule has 1 aromatic rings. The van der Waals surface area contributed by atoms with Gasteiger partial charge >= 0.3 is 0 Å². The number of carbonyl (C=O) groups is 1. The van der Waals surface area contributed by atoms with Crippen molar-refractivity contribution in [2.24, 2.45) is 0 Å². The molecule has 5 nitrogen and oxygen atoms in total. The van der Waals surface area contributed by atoms with Crippen LogP contribution in [0.15, 0.2) is 18.2 Å². The number of rotatable bonds is 3. The molecule has 1 aromatic carbocycles. The number of para-hydroxylation sites is 1. The predicted molar refractivity (Wildman–Crippen MR) is 72.2 cm³/mol. The molecule has 1 fully saturated rings. The fraction of sp³-hybridized carbons (Fsp3) is 0.500. The fourth-order valence-corrected chi connectivity index (χ4v) is 2.32. The van der Waals surface area contributed by atoms with E-state index in [0.29, 0.717) is 12.3 Å². The first-order valence-electron chi connectivity index (χ1n) is 6.44. The molecule has 5 heteroatoms. The Morgan fingerprint density at radius 2 is 2.00 bits per heavy atom. The summed E-state index contributed by atoms with van der Waals surface area (Å²) in [6.07, 6.45) is 0. The molecule has 0 bridgehead atoms. The van der Waals surface area contributed by atoms with Crippen molar-refractivity contribution in [2.75, 3.05) is 33.3 Å². The fourth-order valence-electron chi connectivity index (χ4n) is 2.32. The highest BCUT2D eigenvalue weighted by Crippen LogP contribution is 2.30. The van der Waals surface area contributed by atoms with Gasteiger partial charge in [-0.15, -0.1) is 0 Å². The number of hydrogen-bond donors (Lipinski definition) is 1. The zero-order valence-electron chi connectivity index (χ0n) is 11.4. The molecule has 0 spiro atoms. The Balaban J connectivity index is 1.98. The van der Waals surface area contributed by atoms with Crippen molar-refractivity contribution in [3.05, 3.63) is 23.8 Å². The zero-order chi connectivity index (χ0) is 13.8. The molecule has 2 rings (SSSR count). The standard InChI is InChI=1S/C14H20N2O3/c1-11(17)16-8-6-15(7-9-16)10-12-4-3-5-13(19-2)14(12)18/h3-5,18H,6-10H2,1-2H3. The summed E-state index contributed by atoms with van der Waals surface area (Å²) in [4.78, 5) is 15.3. The maximum absolute atomic E-state index is 11.3. The Morgan fingerprint density at radius 3 is 2.58 bits per heavy atom. The van der Waals surface area contributed by atoms with Gasteiger partial charge in [0.25, 0.3) is 0 Å². The van der Waals surface area contributed by atoms with Crippen molar-refractivity contribution in [1.29, 1.82) is 0 Å². The van der Waals surface area contributed by atoms with Gasteiger partial charge in [-0.3, -0.25) is 9.69 Å². The Labute approximate surface area is 113 Å². The van der Waals surface area contributed by atoms with Gasteiger partial charge in [-0.1, -0.05) is 12.1 Å². The van der Waals surface area contributed by atoms with Crippen LogP contribution in [0, 0.1) is 0 Å². The molecular weight excluding hydrogens is 244 g/mol. The number of amides is 1. The summed E-state index contributed by atoms with van der Waals surface area (Å²) in [6, 6.07) is 5.52. The van der Waals surface area contributed by atoms with Crippen molar-refractivity contribution in [2.45, 2.75) is 13.5 Å². The van der Waals surface area contributed by atoms with Crippen LogP contribution < -0.4 is 4.74 Å². The smallest absolute Gasteiger partial charge is 0.219 e. The highest BCUT2D eigenvalue weighted by molar-refractivity contribution is 5.73. The number of nitrogens with zero attached hydrogens (tertiary/aromatic N) is 2. The quantitative estimate of drug-likeness (QED) is 0.887. The number of phenolic OH excluding ortho intramolecular Hbond substituents is 1. The minimum Gasteiger partial charge on any atom is -0.504 e. The molecule has 1 N–H and O–H groups in total. The largest absolute Gasteiger partial charge is 0.504 e. The van der Waals surface area contributed by atoms with Crippen LogP contribution in [-0.4, -0.2) is 54.1 Å². The van der Waals surface area contributed by atoms with Gasteiger partial charge in [-0.25, -0.2) is 0 Å². The van der Waals surface area contributed by atoms with Gasteiger partial charge in [0.2, 0.25) is 5.91 Å². The van der Waals surface area contributed by atoms with E-state index in [-0.39, 0.29) is 11.7 Å². The van der Waals surface area contributed by atoms with Gasteiger partial charge < -0.3 is 14.7 Å². The van der Waals surface area contributed by atoms with Crippen LogP contribution in [0.25, 0.3) is 0 Å². The Bertz CT molecular complexity index is 454. The molecule has 0 saturated carbocycles. The van der Waals surface area contributed by atoms with E-state index in [2.05, 4.69) is 4.90 Å². The molecule has 0 radical (unpaired) electrons. The van der Waals surface area contributed by atoms with Gasteiger partial charge in [0.15, 0.2) is 11.5 Å². The minimum absolute atomic E-state index is 0.129. The number of benzene rings is 1. The average Bonchev–Trinajstić information content (AvgIpc) is 2.42. The summed E-state index contributed by atoms with van der Waals surface area (Å²) in [5, 5.41) is 10.0. The first-order chi connectivity index (χ1) is 9.11. The lowest BCUT2D eigenvalue weighted by Crippen LogP contribution is -2.47. The topological polar surface area (TPSA) is 53.0 Å². The van der Waals surface area contributed by atoms with Gasteiger partial charge in [-0.05, 0) is 6.07 Å². The maximum atomic E-state index is 11.3. The summed E-state index contributed by atoms with van der Waals surface area (Å²) in [7, 11) is 1.55. The average molecular weight is 264 g/mol. The summed E-state index contributed by atoms with van der Waals surface area (Å²) in [5.41, 5.74) is 0.857. The van der Waals surface area contributed by atoms with Crippen LogP contribution in [0.5, 0.6) is 11.5 Å².